The zero-order valence-electron chi connectivity index (χ0n) is 11.9. The number of aliphatic hydroxyl groups is 1. The molecule has 0 bridgehead atoms. The molecule has 1 aliphatic rings. The summed E-state index contributed by atoms with van der Waals surface area (Å²) in [5.41, 5.74) is 1.97. The van der Waals surface area contributed by atoms with Crippen LogP contribution in [0.2, 0.25) is 0 Å². The first-order valence-electron chi connectivity index (χ1n) is 7.11. The number of carbonyl (C=O) groups is 1. The van der Waals surface area contributed by atoms with Crippen LogP contribution in [0, 0.1) is 0 Å². The third kappa shape index (κ3) is 3.20. The molecule has 1 unspecified atom stereocenters. The van der Waals surface area contributed by atoms with Crippen molar-refractivity contribution in [3.8, 4) is 5.75 Å². The van der Waals surface area contributed by atoms with Crippen molar-refractivity contribution in [2.75, 3.05) is 6.61 Å². The molecule has 114 valence electrons. The summed E-state index contributed by atoms with van der Waals surface area (Å²) < 4.78 is 10.7. The minimum Gasteiger partial charge on any atom is -0.489 e. The van der Waals surface area contributed by atoms with Gasteiger partial charge in [0, 0.05) is 0 Å². The molecule has 0 aliphatic carbocycles. The molecule has 2 aromatic rings. The number of amides is 1. The number of benzene rings is 2. The van der Waals surface area contributed by atoms with Crippen molar-refractivity contribution < 1.29 is 19.4 Å². The van der Waals surface area contributed by atoms with Crippen LogP contribution in [0.1, 0.15) is 17.2 Å². The van der Waals surface area contributed by atoms with E-state index in [0.29, 0.717) is 6.61 Å². The molecule has 2 N–H and O–H groups in total. The van der Waals surface area contributed by atoms with Gasteiger partial charge in [0.05, 0.1) is 12.6 Å². The minimum absolute atomic E-state index is 0.213. The number of ether oxygens (including phenoxy) is 2. The second kappa shape index (κ2) is 6.49. The van der Waals surface area contributed by atoms with Crippen LogP contribution >= 0.6 is 0 Å². The normalized spacial score (nSPS) is 20.3. The lowest BCUT2D eigenvalue weighted by Gasteiger charge is -2.15. The number of carbonyl (C=O) groups excluding carboxylic acids is 1. The Kier molecular flexibility index (Phi) is 4.25. The summed E-state index contributed by atoms with van der Waals surface area (Å²) >= 11 is 0. The van der Waals surface area contributed by atoms with Crippen LogP contribution in [0.4, 0.5) is 4.79 Å². The summed E-state index contributed by atoms with van der Waals surface area (Å²) in [4.78, 5) is 11.3. The van der Waals surface area contributed by atoms with Crippen molar-refractivity contribution >= 4 is 6.09 Å². The van der Waals surface area contributed by atoms with Crippen LogP contribution < -0.4 is 10.1 Å². The van der Waals surface area contributed by atoms with E-state index in [9.17, 15) is 9.90 Å². The number of aliphatic hydroxyl groups excluding tert-OH is 1. The van der Waals surface area contributed by atoms with E-state index in [1.807, 2.05) is 54.6 Å². The summed E-state index contributed by atoms with van der Waals surface area (Å²) in [7, 11) is 0. The second-order valence-electron chi connectivity index (χ2n) is 5.09. The number of rotatable bonds is 5. The van der Waals surface area contributed by atoms with E-state index in [1.165, 1.54) is 0 Å². The molecule has 1 amide bonds. The molecule has 5 nitrogen and oxygen atoms in total. The largest absolute Gasteiger partial charge is 0.489 e. The average molecular weight is 299 g/mol. The Hall–Kier alpha value is -2.53. The SMILES string of the molecule is O=C1N[C@H](c2ccc(OCc3ccccc3)cc2)C(CO)O1. The van der Waals surface area contributed by atoms with Gasteiger partial charge in [-0.25, -0.2) is 4.79 Å². The number of hydrogen-bond donors (Lipinski definition) is 2. The molecule has 1 heterocycles. The van der Waals surface area contributed by atoms with E-state index in [-0.39, 0.29) is 12.6 Å². The summed E-state index contributed by atoms with van der Waals surface area (Å²) in [6.07, 6.45) is -1.06. The lowest BCUT2D eigenvalue weighted by Crippen LogP contribution is -2.24. The molecule has 2 atom stereocenters. The molecule has 1 aliphatic heterocycles. The highest BCUT2D eigenvalue weighted by atomic mass is 16.6. The maximum atomic E-state index is 11.3. The first-order chi connectivity index (χ1) is 10.8. The standard InChI is InChI=1S/C17H17NO4/c19-10-15-16(18-17(20)22-15)13-6-8-14(9-7-13)21-11-12-4-2-1-3-5-12/h1-9,15-16,19H,10-11H2,(H,18,20)/t15?,16-/m1/s1. The summed E-state index contributed by atoms with van der Waals surface area (Å²) in [6.45, 7) is 0.290. The summed E-state index contributed by atoms with van der Waals surface area (Å²) in [5.74, 6) is 0.749. The first-order valence-corrected chi connectivity index (χ1v) is 7.11. The third-order valence-electron chi connectivity index (χ3n) is 3.57. The molecule has 0 radical (unpaired) electrons. The van der Waals surface area contributed by atoms with Gasteiger partial charge in [-0.3, -0.25) is 0 Å². The lowest BCUT2D eigenvalue weighted by atomic mass is 10.0. The van der Waals surface area contributed by atoms with Crippen molar-refractivity contribution in [3.05, 3.63) is 65.7 Å². The van der Waals surface area contributed by atoms with Crippen molar-refractivity contribution in [3.63, 3.8) is 0 Å². The van der Waals surface area contributed by atoms with Gasteiger partial charge in [-0.2, -0.15) is 0 Å². The Morgan fingerprint density at radius 2 is 1.82 bits per heavy atom. The van der Waals surface area contributed by atoms with E-state index < -0.39 is 12.2 Å². The van der Waals surface area contributed by atoms with Gasteiger partial charge in [-0.15, -0.1) is 0 Å². The van der Waals surface area contributed by atoms with Crippen molar-refractivity contribution in [2.24, 2.45) is 0 Å². The smallest absolute Gasteiger partial charge is 0.408 e. The maximum Gasteiger partial charge on any atom is 0.408 e. The Bertz CT molecular complexity index is 627. The van der Waals surface area contributed by atoms with Gasteiger partial charge in [-0.05, 0) is 23.3 Å². The lowest BCUT2D eigenvalue weighted by molar-refractivity contribution is 0.0829. The van der Waals surface area contributed by atoms with Gasteiger partial charge in [-0.1, -0.05) is 42.5 Å². The van der Waals surface area contributed by atoms with Crippen LogP contribution in [-0.2, 0) is 11.3 Å². The van der Waals surface area contributed by atoms with Crippen molar-refractivity contribution in [1.29, 1.82) is 0 Å². The zero-order chi connectivity index (χ0) is 15.4. The number of hydrogen-bond acceptors (Lipinski definition) is 4. The summed E-state index contributed by atoms with van der Waals surface area (Å²) in [5, 5.41) is 11.9. The highest BCUT2D eigenvalue weighted by molar-refractivity contribution is 5.70. The molecule has 1 saturated heterocycles. The Balaban J connectivity index is 1.64. The number of nitrogens with one attached hydrogen (secondary N) is 1. The molecule has 1 fully saturated rings. The Labute approximate surface area is 128 Å². The number of cyclic esters (lactones) is 1. The highest BCUT2D eigenvalue weighted by Crippen LogP contribution is 2.26. The fraction of sp³-hybridized carbons (Fsp3) is 0.235. The highest BCUT2D eigenvalue weighted by Gasteiger charge is 2.34. The first kappa shape index (κ1) is 14.4. The Morgan fingerprint density at radius 3 is 2.50 bits per heavy atom. The van der Waals surface area contributed by atoms with E-state index in [4.69, 9.17) is 9.47 Å². The second-order valence-corrected chi connectivity index (χ2v) is 5.09. The zero-order valence-corrected chi connectivity index (χ0v) is 11.9. The molecule has 0 aromatic heterocycles. The van der Waals surface area contributed by atoms with Gasteiger partial charge in [0.15, 0.2) is 6.10 Å². The van der Waals surface area contributed by atoms with Crippen molar-refractivity contribution in [1.82, 2.24) is 5.32 Å². The quantitative estimate of drug-likeness (QED) is 0.889. The van der Waals surface area contributed by atoms with Crippen LogP contribution in [-0.4, -0.2) is 23.9 Å². The van der Waals surface area contributed by atoms with E-state index in [0.717, 1.165) is 16.9 Å². The van der Waals surface area contributed by atoms with Crippen LogP contribution in [0.25, 0.3) is 0 Å². The van der Waals surface area contributed by atoms with E-state index >= 15 is 0 Å². The van der Waals surface area contributed by atoms with Gasteiger partial charge < -0.3 is 19.9 Å². The maximum absolute atomic E-state index is 11.3. The molecule has 2 aromatic carbocycles. The van der Waals surface area contributed by atoms with Crippen LogP contribution in [0.5, 0.6) is 5.75 Å². The minimum atomic E-state index is -0.552. The van der Waals surface area contributed by atoms with Gasteiger partial charge in [0.1, 0.15) is 12.4 Å². The van der Waals surface area contributed by atoms with E-state index in [1.54, 1.807) is 0 Å². The van der Waals surface area contributed by atoms with Gasteiger partial charge in [0.25, 0.3) is 0 Å². The van der Waals surface area contributed by atoms with E-state index in [2.05, 4.69) is 5.32 Å². The van der Waals surface area contributed by atoms with Crippen molar-refractivity contribution in [2.45, 2.75) is 18.8 Å². The molecular weight excluding hydrogens is 282 g/mol. The fourth-order valence-electron chi connectivity index (χ4n) is 2.41. The molecule has 3 rings (SSSR count). The number of alkyl carbamates (subject to hydrolysis) is 1. The van der Waals surface area contributed by atoms with Gasteiger partial charge >= 0.3 is 6.09 Å². The monoisotopic (exact) mass is 299 g/mol. The predicted molar refractivity (Wildman–Crippen MR) is 80.4 cm³/mol. The third-order valence-corrected chi connectivity index (χ3v) is 3.57. The molecule has 0 saturated carbocycles. The topological polar surface area (TPSA) is 67.8 Å². The predicted octanol–water partition coefficient (Wildman–Crippen LogP) is 2.41. The average Bonchev–Trinajstić information content (AvgIpc) is 2.95. The summed E-state index contributed by atoms with van der Waals surface area (Å²) in [6, 6.07) is 17.0. The van der Waals surface area contributed by atoms with Crippen LogP contribution in [0.3, 0.4) is 0 Å². The van der Waals surface area contributed by atoms with Gasteiger partial charge in [0.2, 0.25) is 0 Å². The molecule has 5 heteroatoms. The molecule has 22 heavy (non-hydrogen) atoms. The molecular formula is C17H17NO4. The van der Waals surface area contributed by atoms with Crippen LogP contribution in [0.15, 0.2) is 54.6 Å². The fourth-order valence-corrected chi connectivity index (χ4v) is 2.41. The Morgan fingerprint density at radius 1 is 1.09 bits per heavy atom. The molecule has 0 spiro atoms.